The molecule has 110 valence electrons. The van der Waals surface area contributed by atoms with Crippen molar-refractivity contribution >= 4 is 30.4 Å². The molecule has 4 nitrogen and oxygen atoms in total. The van der Waals surface area contributed by atoms with Crippen molar-refractivity contribution in [3.63, 3.8) is 0 Å². The highest BCUT2D eigenvalue weighted by atomic mass is 127. The number of rotatable bonds is 9. The fourth-order valence-corrected chi connectivity index (χ4v) is 8.58. The lowest BCUT2D eigenvalue weighted by molar-refractivity contribution is 0.341. The Balaban J connectivity index is 5.74. The largest absolute Gasteiger partial charge is 0.246 e. The monoisotopic (exact) mass is 388 g/mol. The molecule has 0 aliphatic carbocycles. The highest BCUT2D eigenvalue weighted by Crippen LogP contribution is 2.59. The maximum Gasteiger partial charge on any atom is 0.178 e. The topological polar surface area (TPSA) is 22.1 Å². The molecule has 0 spiro atoms. The van der Waals surface area contributed by atoms with Crippen molar-refractivity contribution in [3.05, 3.63) is 0 Å². The first-order chi connectivity index (χ1) is 8.62. The van der Waals surface area contributed by atoms with Crippen molar-refractivity contribution in [1.29, 1.82) is 0 Å². The Kier molecular flexibility index (Phi) is 10.2. The molecule has 0 radical (unpaired) electrons. The molecule has 0 saturated carbocycles. The molecule has 0 rings (SSSR count). The van der Waals surface area contributed by atoms with Crippen LogP contribution in [0.25, 0.3) is 0 Å². The van der Waals surface area contributed by atoms with E-state index in [0.29, 0.717) is 0 Å². The van der Waals surface area contributed by atoms with Crippen LogP contribution in [0, 0.1) is 0 Å². The summed E-state index contributed by atoms with van der Waals surface area (Å²) in [4.78, 5) is 0. The molecule has 0 aromatic rings. The van der Waals surface area contributed by atoms with Crippen LogP contribution in [0.5, 0.6) is 0 Å². The first kappa shape index (κ1) is 18.8. The van der Waals surface area contributed by atoms with Crippen molar-refractivity contribution in [2.75, 3.05) is 39.3 Å². The predicted octanol–water partition coefficient (Wildman–Crippen LogP) is 4.31. The highest BCUT2D eigenvalue weighted by Gasteiger charge is 2.36. The van der Waals surface area contributed by atoms with Gasteiger partial charge in [-0.3, -0.25) is 0 Å². The Morgan fingerprint density at radius 3 is 1.00 bits per heavy atom. The Morgan fingerprint density at radius 1 is 0.667 bits per heavy atom. The molecule has 0 atom stereocenters. The second-order valence-electron chi connectivity index (χ2n) is 4.03. The summed E-state index contributed by atoms with van der Waals surface area (Å²) < 4.78 is 12.6. The molecule has 0 unspecified atom stereocenters. The van der Waals surface area contributed by atoms with E-state index in [0.717, 1.165) is 39.3 Å². The van der Waals surface area contributed by atoms with E-state index in [2.05, 4.69) is 78.4 Å². The fourth-order valence-electron chi connectivity index (χ4n) is 2.49. The molecule has 18 heavy (non-hydrogen) atoms. The lowest BCUT2D eigenvalue weighted by Gasteiger charge is -2.47. The summed E-state index contributed by atoms with van der Waals surface area (Å²) in [5, 5.41) is 0. The zero-order valence-electron chi connectivity index (χ0n) is 12.9. The molecule has 0 fully saturated rings. The van der Waals surface area contributed by atoms with Crippen LogP contribution in [0.3, 0.4) is 0 Å². The van der Waals surface area contributed by atoms with Gasteiger partial charge < -0.3 is 0 Å². The van der Waals surface area contributed by atoms with Gasteiger partial charge in [0.1, 0.15) is 0 Å². The molecule has 0 bridgehead atoms. The minimum absolute atomic E-state index is 1.06. The molecule has 0 saturated heterocycles. The van der Waals surface area contributed by atoms with Gasteiger partial charge in [0.15, 0.2) is 7.51 Å². The zero-order chi connectivity index (χ0) is 14.2. The fraction of sp³-hybridized carbons (Fsp3) is 1.00. The van der Waals surface area contributed by atoms with Crippen molar-refractivity contribution < 1.29 is 0 Å². The summed E-state index contributed by atoms with van der Waals surface area (Å²) in [6.45, 7) is 19.8. The van der Waals surface area contributed by atoms with Gasteiger partial charge in [0.25, 0.3) is 0 Å². The normalized spacial score (nSPS) is 12.8. The molecule has 6 heteroatoms. The molecule has 0 aliphatic rings. The van der Waals surface area contributed by atoms with Crippen molar-refractivity contribution in [2.24, 2.45) is 2.96 Å². The van der Waals surface area contributed by atoms with Gasteiger partial charge in [0.05, 0.1) is 22.9 Å². The van der Waals surface area contributed by atoms with E-state index in [1.54, 1.807) is 0 Å². The van der Waals surface area contributed by atoms with Crippen molar-refractivity contribution in [3.8, 4) is 0 Å². The van der Waals surface area contributed by atoms with Gasteiger partial charge in [0.2, 0.25) is 0 Å². The highest BCUT2D eigenvalue weighted by molar-refractivity contribution is 14.1. The average molecular weight is 388 g/mol. The van der Waals surface area contributed by atoms with E-state index in [1.165, 1.54) is 0 Å². The third kappa shape index (κ3) is 3.69. The van der Waals surface area contributed by atoms with E-state index >= 15 is 0 Å². The number of halogens is 1. The number of nitrogens with zero attached hydrogens (tertiary/aromatic N) is 4. The van der Waals surface area contributed by atoms with Gasteiger partial charge >= 0.3 is 0 Å². The van der Waals surface area contributed by atoms with E-state index in [1.807, 2.05) is 0 Å². The van der Waals surface area contributed by atoms with Crippen LogP contribution in [0.4, 0.5) is 0 Å². The van der Waals surface area contributed by atoms with Crippen LogP contribution in [0.1, 0.15) is 41.5 Å². The summed E-state index contributed by atoms with van der Waals surface area (Å²) in [5.41, 5.74) is 0. The summed E-state index contributed by atoms with van der Waals surface area (Å²) in [6.07, 6.45) is 0. The smallest absolute Gasteiger partial charge is 0.178 e. The molecule has 0 aliphatic heterocycles. The SMILES string of the molecule is CCN(CC)P(=NI)(N(CC)CC)N(CC)CC. The second kappa shape index (κ2) is 9.70. The van der Waals surface area contributed by atoms with Gasteiger partial charge in [-0.05, 0) is 0 Å². The van der Waals surface area contributed by atoms with E-state index in [-0.39, 0.29) is 0 Å². The maximum atomic E-state index is 4.90. The first-order valence-corrected chi connectivity index (χ1v) is 9.67. The van der Waals surface area contributed by atoms with E-state index in [4.69, 9.17) is 2.96 Å². The Morgan fingerprint density at radius 2 is 0.889 bits per heavy atom. The van der Waals surface area contributed by atoms with Gasteiger partial charge in [-0.2, -0.15) is 2.96 Å². The van der Waals surface area contributed by atoms with Gasteiger partial charge in [0, 0.05) is 39.3 Å². The molecular formula is C12H30IN4P. The average Bonchev–Trinajstić information content (AvgIpc) is 2.41. The van der Waals surface area contributed by atoms with Gasteiger partial charge in [-0.1, -0.05) is 41.5 Å². The zero-order valence-corrected chi connectivity index (χ0v) is 15.9. The number of hydrogen-bond acceptors (Lipinski definition) is 1. The van der Waals surface area contributed by atoms with Crippen molar-refractivity contribution in [2.45, 2.75) is 41.5 Å². The van der Waals surface area contributed by atoms with E-state index in [9.17, 15) is 0 Å². The van der Waals surface area contributed by atoms with Crippen LogP contribution in [-0.2, 0) is 0 Å². The van der Waals surface area contributed by atoms with E-state index < -0.39 is 7.51 Å². The van der Waals surface area contributed by atoms with Crippen LogP contribution in [0.2, 0.25) is 0 Å². The summed E-state index contributed by atoms with van der Waals surface area (Å²) in [7, 11) is -1.70. The van der Waals surface area contributed by atoms with Gasteiger partial charge in [-0.15, -0.1) is 0 Å². The standard InChI is InChI=1S/C12H30IN4P/c1-7-15(8-2)18(14-13,16(9-3)10-4)17(11-5)12-6/h7-12H2,1-6H3. The van der Waals surface area contributed by atoms with Crippen LogP contribution < -0.4 is 0 Å². The second-order valence-corrected chi connectivity index (χ2v) is 8.25. The quantitative estimate of drug-likeness (QED) is 0.434. The third-order valence-corrected chi connectivity index (χ3v) is 9.34. The number of hydrogen-bond donors (Lipinski definition) is 0. The lowest BCUT2D eigenvalue weighted by Crippen LogP contribution is -2.41. The molecule has 0 aromatic carbocycles. The molecule has 0 amide bonds. The molecule has 0 heterocycles. The Hall–Kier alpha value is 0.840. The maximum absolute atomic E-state index is 4.90. The summed E-state index contributed by atoms with van der Waals surface area (Å²) >= 11 is 2.24. The van der Waals surface area contributed by atoms with Crippen LogP contribution in [0.15, 0.2) is 2.96 Å². The minimum Gasteiger partial charge on any atom is -0.246 e. The first-order valence-electron chi connectivity index (χ1n) is 7.11. The van der Waals surface area contributed by atoms with Crippen molar-refractivity contribution in [1.82, 2.24) is 14.0 Å². The Bertz CT molecular complexity index is 223. The van der Waals surface area contributed by atoms with Crippen LogP contribution in [-0.4, -0.2) is 53.3 Å². The summed E-state index contributed by atoms with van der Waals surface area (Å²) in [6, 6.07) is 0. The lowest BCUT2D eigenvalue weighted by atomic mass is 10.7. The molecular weight excluding hydrogens is 358 g/mol. The summed E-state index contributed by atoms with van der Waals surface area (Å²) in [5.74, 6) is 0. The molecule has 0 aromatic heterocycles. The molecule has 0 N–H and O–H groups in total. The van der Waals surface area contributed by atoms with Gasteiger partial charge in [-0.25, -0.2) is 14.0 Å². The van der Waals surface area contributed by atoms with Crippen LogP contribution >= 0.6 is 30.4 Å². The Labute approximate surface area is 128 Å². The third-order valence-electron chi connectivity index (χ3n) is 3.43. The predicted molar refractivity (Wildman–Crippen MR) is 92.1 cm³/mol. The minimum atomic E-state index is -1.70.